The summed E-state index contributed by atoms with van der Waals surface area (Å²) >= 11 is 5.59. The van der Waals surface area contributed by atoms with Crippen molar-refractivity contribution in [3.05, 3.63) is 34.9 Å². The van der Waals surface area contributed by atoms with Gasteiger partial charge in [0.15, 0.2) is 0 Å². The maximum absolute atomic E-state index is 9.86. The maximum atomic E-state index is 9.86. The number of aryl methyl sites for hydroxylation is 2. The van der Waals surface area contributed by atoms with E-state index >= 15 is 0 Å². The number of aliphatic hydroxyl groups excluding tert-OH is 1. The Balaban J connectivity index is 2.74. The molecule has 2 heteroatoms. The van der Waals surface area contributed by atoms with Gasteiger partial charge in [-0.15, -0.1) is 11.6 Å². The monoisotopic (exact) mass is 212 g/mol. The van der Waals surface area contributed by atoms with E-state index in [1.807, 2.05) is 19.1 Å². The molecule has 14 heavy (non-hydrogen) atoms. The Morgan fingerprint density at radius 1 is 1.36 bits per heavy atom. The number of alkyl halides is 1. The van der Waals surface area contributed by atoms with Crippen molar-refractivity contribution in [2.45, 2.75) is 32.8 Å². The van der Waals surface area contributed by atoms with Crippen LogP contribution in [-0.2, 0) is 0 Å². The van der Waals surface area contributed by atoms with Crippen LogP contribution in [0.3, 0.4) is 0 Å². The molecule has 0 aliphatic heterocycles. The Labute approximate surface area is 90.7 Å². The molecule has 1 nitrogen and oxygen atoms in total. The van der Waals surface area contributed by atoms with Crippen molar-refractivity contribution >= 4 is 11.6 Å². The first-order valence-corrected chi connectivity index (χ1v) is 5.49. The molecule has 0 amide bonds. The van der Waals surface area contributed by atoms with Crippen LogP contribution in [0.2, 0.25) is 0 Å². The van der Waals surface area contributed by atoms with Gasteiger partial charge >= 0.3 is 0 Å². The van der Waals surface area contributed by atoms with Crippen LogP contribution in [0.25, 0.3) is 0 Å². The Kier molecular flexibility index (Phi) is 4.43. The highest BCUT2D eigenvalue weighted by Gasteiger charge is 2.09. The van der Waals surface area contributed by atoms with E-state index in [1.165, 1.54) is 5.56 Å². The van der Waals surface area contributed by atoms with Crippen molar-refractivity contribution in [2.24, 2.45) is 0 Å². The number of hydrogen-bond donors (Lipinski definition) is 1. The lowest BCUT2D eigenvalue weighted by Crippen LogP contribution is -2.00. The minimum Gasteiger partial charge on any atom is -0.388 e. The normalized spacial score (nSPS) is 12.9. The van der Waals surface area contributed by atoms with Gasteiger partial charge in [0.2, 0.25) is 0 Å². The smallest absolute Gasteiger partial charge is 0.0793 e. The van der Waals surface area contributed by atoms with E-state index in [4.69, 9.17) is 11.6 Å². The zero-order valence-electron chi connectivity index (χ0n) is 8.76. The number of hydrogen-bond acceptors (Lipinski definition) is 1. The molecule has 1 atom stereocenters. The van der Waals surface area contributed by atoms with Crippen LogP contribution >= 0.6 is 11.6 Å². The van der Waals surface area contributed by atoms with Crippen LogP contribution in [0.4, 0.5) is 0 Å². The first kappa shape index (κ1) is 11.5. The molecule has 0 saturated heterocycles. The van der Waals surface area contributed by atoms with Crippen LogP contribution in [0.15, 0.2) is 18.2 Å². The predicted molar refractivity (Wildman–Crippen MR) is 60.8 cm³/mol. The van der Waals surface area contributed by atoms with Crippen molar-refractivity contribution < 1.29 is 5.11 Å². The lowest BCUT2D eigenvalue weighted by Gasteiger charge is -2.13. The second kappa shape index (κ2) is 5.38. The average Bonchev–Trinajstić information content (AvgIpc) is 2.14. The lowest BCUT2D eigenvalue weighted by molar-refractivity contribution is 0.166. The predicted octanol–water partition coefficient (Wildman–Crippen LogP) is 3.36. The van der Waals surface area contributed by atoms with E-state index < -0.39 is 0 Å². The summed E-state index contributed by atoms with van der Waals surface area (Å²) in [5.41, 5.74) is 3.42. The molecule has 0 spiro atoms. The van der Waals surface area contributed by atoms with Gasteiger partial charge in [-0.3, -0.25) is 0 Å². The molecule has 1 rings (SSSR count). The van der Waals surface area contributed by atoms with Gasteiger partial charge < -0.3 is 5.11 Å². The van der Waals surface area contributed by atoms with Gasteiger partial charge in [-0.1, -0.05) is 23.8 Å². The fourth-order valence-electron chi connectivity index (χ4n) is 1.63. The third-order valence-corrected chi connectivity index (χ3v) is 2.66. The highest BCUT2D eigenvalue weighted by molar-refractivity contribution is 6.17. The second-order valence-electron chi connectivity index (χ2n) is 3.71. The number of benzene rings is 1. The molecule has 0 aromatic heterocycles. The van der Waals surface area contributed by atoms with E-state index in [2.05, 4.69) is 13.0 Å². The van der Waals surface area contributed by atoms with Crippen LogP contribution in [0.1, 0.15) is 35.6 Å². The van der Waals surface area contributed by atoms with Crippen molar-refractivity contribution in [3.8, 4) is 0 Å². The maximum Gasteiger partial charge on any atom is 0.0793 e. The summed E-state index contributed by atoms with van der Waals surface area (Å²) < 4.78 is 0. The molecule has 0 bridgehead atoms. The molecular formula is C12H17ClO. The molecule has 0 radical (unpaired) electrons. The van der Waals surface area contributed by atoms with Gasteiger partial charge in [0.05, 0.1) is 6.10 Å². The highest BCUT2D eigenvalue weighted by atomic mass is 35.5. The quantitative estimate of drug-likeness (QED) is 0.759. The molecule has 78 valence electrons. The second-order valence-corrected chi connectivity index (χ2v) is 4.09. The van der Waals surface area contributed by atoms with Crippen molar-refractivity contribution in [1.29, 1.82) is 0 Å². The summed E-state index contributed by atoms with van der Waals surface area (Å²) in [6, 6.07) is 6.13. The molecule has 0 saturated carbocycles. The first-order chi connectivity index (χ1) is 6.65. The molecule has 0 fully saturated rings. The van der Waals surface area contributed by atoms with Gasteiger partial charge in [0.1, 0.15) is 0 Å². The van der Waals surface area contributed by atoms with E-state index in [0.29, 0.717) is 5.88 Å². The Morgan fingerprint density at radius 2 is 2.07 bits per heavy atom. The lowest BCUT2D eigenvalue weighted by atomic mass is 9.98. The van der Waals surface area contributed by atoms with Crippen molar-refractivity contribution in [3.63, 3.8) is 0 Å². The standard InChI is InChI=1S/C12H17ClO/c1-9-5-6-11(10(2)8-9)12(14)4-3-7-13/h5-6,8,12,14H,3-4,7H2,1-2H3. The molecule has 0 heterocycles. The van der Waals surface area contributed by atoms with Gasteiger partial charge in [0, 0.05) is 5.88 Å². The molecule has 1 aromatic rings. The summed E-state index contributed by atoms with van der Waals surface area (Å²) in [6.45, 7) is 4.09. The van der Waals surface area contributed by atoms with Gasteiger partial charge in [-0.05, 0) is 37.8 Å². The molecule has 0 aliphatic carbocycles. The van der Waals surface area contributed by atoms with Crippen molar-refractivity contribution in [1.82, 2.24) is 0 Å². The van der Waals surface area contributed by atoms with E-state index in [-0.39, 0.29) is 6.10 Å². The SMILES string of the molecule is Cc1ccc(C(O)CCCCl)c(C)c1. The van der Waals surface area contributed by atoms with Crippen LogP contribution in [0.5, 0.6) is 0 Å². The first-order valence-electron chi connectivity index (χ1n) is 4.96. The van der Waals surface area contributed by atoms with Gasteiger partial charge in [-0.2, -0.15) is 0 Å². The molecule has 1 unspecified atom stereocenters. The Hall–Kier alpha value is -0.530. The summed E-state index contributed by atoms with van der Waals surface area (Å²) in [5, 5.41) is 9.86. The average molecular weight is 213 g/mol. The molecule has 1 N–H and O–H groups in total. The summed E-state index contributed by atoms with van der Waals surface area (Å²) in [5.74, 6) is 0.613. The Bertz CT molecular complexity index is 296. The van der Waals surface area contributed by atoms with Crippen LogP contribution in [0, 0.1) is 13.8 Å². The number of halogens is 1. The fraction of sp³-hybridized carbons (Fsp3) is 0.500. The number of rotatable bonds is 4. The zero-order valence-corrected chi connectivity index (χ0v) is 9.51. The van der Waals surface area contributed by atoms with E-state index in [1.54, 1.807) is 0 Å². The Morgan fingerprint density at radius 3 is 2.64 bits per heavy atom. The van der Waals surface area contributed by atoms with Crippen LogP contribution < -0.4 is 0 Å². The summed E-state index contributed by atoms with van der Waals surface area (Å²) in [4.78, 5) is 0. The molecule has 1 aromatic carbocycles. The topological polar surface area (TPSA) is 20.2 Å². The highest BCUT2D eigenvalue weighted by Crippen LogP contribution is 2.22. The van der Waals surface area contributed by atoms with Gasteiger partial charge in [-0.25, -0.2) is 0 Å². The van der Waals surface area contributed by atoms with Crippen LogP contribution in [-0.4, -0.2) is 11.0 Å². The summed E-state index contributed by atoms with van der Waals surface area (Å²) in [7, 11) is 0. The summed E-state index contributed by atoms with van der Waals surface area (Å²) in [6.07, 6.45) is 1.23. The fourth-order valence-corrected chi connectivity index (χ4v) is 1.78. The zero-order chi connectivity index (χ0) is 10.6. The minimum absolute atomic E-state index is 0.366. The van der Waals surface area contributed by atoms with Crippen molar-refractivity contribution in [2.75, 3.05) is 5.88 Å². The third-order valence-electron chi connectivity index (χ3n) is 2.40. The van der Waals surface area contributed by atoms with E-state index in [0.717, 1.165) is 24.0 Å². The third kappa shape index (κ3) is 3.00. The number of aliphatic hydroxyl groups is 1. The minimum atomic E-state index is -0.366. The molecule has 0 aliphatic rings. The molecular weight excluding hydrogens is 196 g/mol. The largest absolute Gasteiger partial charge is 0.388 e. The van der Waals surface area contributed by atoms with E-state index in [9.17, 15) is 5.11 Å². The van der Waals surface area contributed by atoms with Gasteiger partial charge in [0.25, 0.3) is 0 Å².